The fourth-order valence-electron chi connectivity index (χ4n) is 3.52. The van der Waals surface area contributed by atoms with Crippen LogP contribution < -0.4 is 10.9 Å². The van der Waals surface area contributed by atoms with Gasteiger partial charge in [-0.3, -0.25) is 9.59 Å². The molecule has 3 heterocycles. The summed E-state index contributed by atoms with van der Waals surface area (Å²) in [5.74, 6) is 1.70. The molecule has 0 aliphatic heterocycles. The summed E-state index contributed by atoms with van der Waals surface area (Å²) >= 11 is 0. The lowest BCUT2D eigenvalue weighted by molar-refractivity contribution is 0.0905. The first-order chi connectivity index (χ1) is 13.4. The molecule has 3 aromatic heterocycles. The molecule has 1 amide bonds. The Kier molecular flexibility index (Phi) is 4.58. The first-order valence-electron chi connectivity index (χ1n) is 9.27. The normalized spacial score (nSPS) is 18.7. The summed E-state index contributed by atoms with van der Waals surface area (Å²) in [6.45, 7) is 4.31. The third-order valence-electron chi connectivity index (χ3n) is 5.46. The van der Waals surface area contributed by atoms with Crippen LogP contribution in [0.2, 0.25) is 0 Å². The van der Waals surface area contributed by atoms with Crippen LogP contribution in [0.25, 0.3) is 0 Å². The molecular weight excluding hydrogens is 358 g/mol. The third kappa shape index (κ3) is 3.35. The molecule has 0 bridgehead atoms. The summed E-state index contributed by atoms with van der Waals surface area (Å²) in [5, 5.41) is 11.6. The zero-order valence-corrected chi connectivity index (χ0v) is 16.1. The number of rotatable bonds is 5. The van der Waals surface area contributed by atoms with Gasteiger partial charge in [0.2, 0.25) is 0 Å². The van der Waals surface area contributed by atoms with E-state index in [1.807, 2.05) is 36.2 Å². The number of hydrogen-bond donors (Lipinski definition) is 2. The third-order valence-corrected chi connectivity index (χ3v) is 5.46. The molecule has 0 radical (unpaired) electrons. The molecule has 1 fully saturated rings. The molecule has 9 heteroatoms. The zero-order valence-electron chi connectivity index (χ0n) is 16.1. The molecule has 146 valence electrons. The van der Waals surface area contributed by atoms with Crippen molar-refractivity contribution < 1.29 is 4.79 Å². The molecule has 9 nitrogen and oxygen atoms in total. The zero-order chi connectivity index (χ0) is 19.8. The highest BCUT2D eigenvalue weighted by molar-refractivity contribution is 5.94. The second kappa shape index (κ2) is 7.06. The van der Waals surface area contributed by atoms with Crippen LogP contribution in [-0.2, 0) is 13.6 Å². The fraction of sp³-hybridized carbons (Fsp3) is 0.421. The maximum absolute atomic E-state index is 12.5. The van der Waals surface area contributed by atoms with E-state index in [2.05, 4.69) is 25.5 Å². The van der Waals surface area contributed by atoms with Gasteiger partial charge in [0.15, 0.2) is 5.82 Å². The Morgan fingerprint density at radius 3 is 2.82 bits per heavy atom. The van der Waals surface area contributed by atoms with E-state index in [4.69, 9.17) is 0 Å². The molecule has 1 saturated carbocycles. The van der Waals surface area contributed by atoms with Crippen LogP contribution in [-0.4, -0.2) is 41.2 Å². The monoisotopic (exact) mass is 381 g/mol. The van der Waals surface area contributed by atoms with Crippen LogP contribution >= 0.6 is 0 Å². The number of nitrogens with one attached hydrogen (secondary N) is 2. The van der Waals surface area contributed by atoms with Crippen LogP contribution in [0.5, 0.6) is 0 Å². The molecule has 0 aromatic carbocycles. The van der Waals surface area contributed by atoms with Crippen LogP contribution in [0.1, 0.15) is 52.0 Å². The van der Waals surface area contributed by atoms with E-state index in [0.29, 0.717) is 6.54 Å². The number of H-pyrrole nitrogens is 1. The SMILES string of the molecule is Cc1cc(C(=O)NC2CC(c3nnc(Cn4ccnc4)n3C)C2)c(=O)[nH]c1C. The van der Waals surface area contributed by atoms with Gasteiger partial charge in [-0.25, -0.2) is 4.98 Å². The maximum atomic E-state index is 12.5. The Morgan fingerprint density at radius 1 is 1.32 bits per heavy atom. The summed E-state index contributed by atoms with van der Waals surface area (Å²) in [6, 6.07) is 1.68. The Bertz CT molecular complexity index is 1060. The second-order valence-electron chi connectivity index (χ2n) is 7.43. The number of nitrogens with zero attached hydrogens (tertiary/aromatic N) is 5. The van der Waals surface area contributed by atoms with Gasteiger partial charge in [-0.1, -0.05) is 0 Å². The van der Waals surface area contributed by atoms with Crippen molar-refractivity contribution in [1.82, 2.24) is 34.6 Å². The summed E-state index contributed by atoms with van der Waals surface area (Å²) < 4.78 is 3.95. The van der Waals surface area contributed by atoms with Gasteiger partial charge in [0.05, 0.1) is 12.9 Å². The molecule has 0 atom stereocenters. The van der Waals surface area contributed by atoms with Crippen LogP contribution in [0.3, 0.4) is 0 Å². The summed E-state index contributed by atoms with van der Waals surface area (Å²) in [6.07, 6.45) is 6.93. The summed E-state index contributed by atoms with van der Waals surface area (Å²) in [4.78, 5) is 31.2. The van der Waals surface area contributed by atoms with Crippen LogP contribution in [0.4, 0.5) is 0 Å². The average Bonchev–Trinajstić information content (AvgIpc) is 3.25. The first-order valence-corrected chi connectivity index (χ1v) is 9.27. The van der Waals surface area contributed by atoms with Crippen molar-refractivity contribution in [3.05, 3.63) is 63.6 Å². The number of aromatic amines is 1. The summed E-state index contributed by atoms with van der Waals surface area (Å²) in [5.41, 5.74) is 1.47. The lowest BCUT2D eigenvalue weighted by atomic mass is 9.79. The van der Waals surface area contributed by atoms with Crippen molar-refractivity contribution in [3.8, 4) is 0 Å². The standard InChI is InChI=1S/C19H23N7O2/c1-11-6-15(18(27)21-12(11)2)19(28)22-14-7-13(8-14)17-24-23-16(25(17)3)9-26-5-4-20-10-26/h4-6,10,13-14H,7-9H2,1-3H3,(H,21,27)(H,22,28). The predicted octanol–water partition coefficient (Wildman–Crippen LogP) is 1.04. The van der Waals surface area contributed by atoms with Crippen molar-refractivity contribution in [1.29, 1.82) is 0 Å². The van der Waals surface area contributed by atoms with Gasteiger partial charge in [0.1, 0.15) is 11.4 Å². The van der Waals surface area contributed by atoms with Gasteiger partial charge in [0.25, 0.3) is 11.5 Å². The van der Waals surface area contributed by atoms with Crippen molar-refractivity contribution in [2.75, 3.05) is 0 Å². The van der Waals surface area contributed by atoms with E-state index in [1.54, 1.807) is 18.6 Å². The average molecular weight is 381 g/mol. The largest absolute Gasteiger partial charge is 0.349 e. The lowest BCUT2D eigenvalue weighted by Crippen LogP contribution is -2.45. The first kappa shape index (κ1) is 18.1. The topological polar surface area (TPSA) is 110 Å². The van der Waals surface area contributed by atoms with Crippen LogP contribution in [0, 0.1) is 13.8 Å². The second-order valence-corrected chi connectivity index (χ2v) is 7.43. The van der Waals surface area contributed by atoms with Crippen molar-refractivity contribution in [2.24, 2.45) is 7.05 Å². The molecule has 28 heavy (non-hydrogen) atoms. The highest BCUT2D eigenvalue weighted by Crippen LogP contribution is 2.36. The lowest BCUT2D eigenvalue weighted by Gasteiger charge is -2.35. The number of carbonyl (C=O) groups is 1. The van der Waals surface area contributed by atoms with Gasteiger partial charge in [-0.2, -0.15) is 0 Å². The van der Waals surface area contributed by atoms with Gasteiger partial charge in [0, 0.05) is 37.1 Å². The molecule has 1 aliphatic rings. The number of hydrogen-bond acceptors (Lipinski definition) is 5. The van der Waals surface area contributed by atoms with E-state index >= 15 is 0 Å². The van der Waals surface area contributed by atoms with Gasteiger partial charge < -0.3 is 19.4 Å². The highest BCUT2D eigenvalue weighted by atomic mass is 16.2. The van der Waals surface area contributed by atoms with E-state index in [9.17, 15) is 9.59 Å². The molecular formula is C19H23N7O2. The molecule has 0 spiro atoms. The Morgan fingerprint density at radius 2 is 2.11 bits per heavy atom. The minimum atomic E-state index is -0.353. The minimum Gasteiger partial charge on any atom is -0.349 e. The van der Waals surface area contributed by atoms with Crippen molar-refractivity contribution in [2.45, 2.75) is 45.2 Å². The molecule has 0 unspecified atom stereocenters. The Labute approximate surface area is 161 Å². The Hall–Kier alpha value is -3.23. The van der Waals surface area contributed by atoms with Crippen molar-refractivity contribution >= 4 is 5.91 Å². The number of aryl methyl sites for hydroxylation is 2. The smallest absolute Gasteiger partial charge is 0.261 e. The molecule has 0 saturated heterocycles. The van der Waals surface area contributed by atoms with E-state index in [1.165, 1.54) is 0 Å². The summed E-state index contributed by atoms with van der Waals surface area (Å²) in [7, 11) is 1.96. The molecule has 3 aromatic rings. The number of aromatic nitrogens is 6. The van der Waals surface area contributed by atoms with Gasteiger partial charge in [-0.15, -0.1) is 10.2 Å². The maximum Gasteiger partial charge on any atom is 0.261 e. The molecule has 2 N–H and O–H groups in total. The van der Waals surface area contributed by atoms with Crippen LogP contribution in [0.15, 0.2) is 29.6 Å². The highest BCUT2D eigenvalue weighted by Gasteiger charge is 2.35. The predicted molar refractivity (Wildman–Crippen MR) is 102 cm³/mol. The molecule has 4 rings (SSSR count). The molecule has 1 aliphatic carbocycles. The van der Waals surface area contributed by atoms with E-state index in [-0.39, 0.29) is 29.0 Å². The number of carbonyl (C=O) groups excluding carboxylic acids is 1. The van der Waals surface area contributed by atoms with E-state index < -0.39 is 0 Å². The van der Waals surface area contributed by atoms with Crippen molar-refractivity contribution in [3.63, 3.8) is 0 Å². The number of amides is 1. The number of pyridine rings is 1. The van der Waals surface area contributed by atoms with E-state index in [0.717, 1.165) is 35.7 Å². The van der Waals surface area contributed by atoms with Gasteiger partial charge >= 0.3 is 0 Å². The Balaban J connectivity index is 1.37. The van der Waals surface area contributed by atoms with Gasteiger partial charge in [-0.05, 0) is 38.3 Å². The minimum absolute atomic E-state index is 0.0345. The fourth-order valence-corrected chi connectivity index (χ4v) is 3.52. The quantitative estimate of drug-likeness (QED) is 0.686. The number of imidazole rings is 1.